The maximum atomic E-state index is 11.1. The van der Waals surface area contributed by atoms with Crippen LogP contribution in [0.4, 0.5) is 0 Å². The van der Waals surface area contributed by atoms with Crippen molar-refractivity contribution >= 4 is 5.97 Å². The van der Waals surface area contributed by atoms with Crippen LogP contribution in [0.5, 0.6) is 0 Å². The maximum Gasteiger partial charge on any atom is 0.322 e. The van der Waals surface area contributed by atoms with Gasteiger partial charge >= 0.3 is 5.97 Å². The van der Waals surface area contributed by atoms with Gasteiger partial charge in [-0.15, -0.1) is 0 Å². The first-order chi connectivity index (χ1) is 11.2. The van der Waals surface area contributed by atoms with E-state index in [2.05, 4.69) is 6.92 Å². The Morgan fingerprint density at radius 2 is 1.09 bits per heavy atom. The van der Waals surface area contributed by atoms with Crippen LogP contribution in [-0.4, -0.2) is 18.6 Å². The van der Waals surface area contributed by atoms with Crippen molar-refractivity contribution in [3.63, 3.8) is 0 Å². The summed E-state index contributed by atoms with van der Waals surface area (Å²) in [7, 11) is 0. The fourth-order valence-corrected chi connectivity index (χ4v) is 2.78. The Labute approximate surface area is 144 Å². The molecule has 23 heavy (non-hydrogen) atoms. The van der Waals surface area contributed by atoms with Crippen LogP contribution in [0, 0.1) is 0 Å². The summed E-state index contributed by atoms with van der Waals surface area (Å²) in [6.07, 6.45) is 20.2. The highest BCUT2D eigenvalue weighted by atomic mass is 16.5. The van der Waals surface area contributed by atoms with Crippen LogP contribution in [-0.2, 0) is 9.53 Å². The van der Waals surface area contributed by atoms with E-state index in [-0.39, 0.29) is 5.97 Å². The monoisotopic (exact) mass is 327 g/mol. The standard InChI is InChI=1S/C20H41NO2/c1-3-4-5-6-7-8-9-10-11-12-13-14-15-16-17-18-23-20(22)19(2)21/h19H,3-18,21H2,1-2H3/t19-/m0/s1. The molecule has 0 aromatic carbocycles. The number of esters is 1. The second-order valence-electron chi connectivity index (χ2n) is 6.91. The van der Waals surface area contributed by atoms with Crippen LogP contribution in [0.25, 0.3) is 0 Å². The van der Waals surface area contributed by atoms with Crippen LogP contribution < -0.4 is 5.73 Å². The number of rotatable bonds is 17. The highest BCUT2D eigenvalue weighted by Gasteiger charge is 2.07. The molecule has 0 saturated carbocycles. The molecule has 0 radical (unpaired) electrons. The molecular weight excluding hydrogens is 286 g/mol. The molecule has 0 amide bonds. The molecule has 138 valence electrons. The van der Waals surface area contributed by atoms with Crippen LogP contribution in [0.2, 0.25) is 0 Å². The molecule has 0 aromatic rings. The Balaban J connectivity index is 3.04. The number of ether oxygens (including phenoxy) is 1. The molecule has 0 fully saturated rings. The summed E-state index contributed by atoms with van der Waals surface area (Å²) in [6.45, 7) is 4.46. The van der Waals surface area contributed by atoms with Gasteiger partial charge in [0.15, 0.2) is 0 Å². The molecule has 0 aliphatic rings. The van der Waals surface area contributed by atoms with E-state index in [9.17, 15) is 4.79 Å². The summed E-state index contributed by atoms with van der Waals surface area (Å²) in [5.74, 6) is -0.282. The third-order valence-electron chi connectivity index (χ3n) is 4.36. The summed E-state index contributed by atoms with van der Waals surface area (Å²) in [5, 5.41) is 0. The molecule has 0 aromatic heterocycles. The second kappa shape index (κ2) is 17.8. The van der Waals surface area contributed by atoms with Crippen molar-refractivity contribution in [2.75, 3.05) is 6.61 Å². The molecule has 0 spiro atoms. The highest BCUT2D eigenvalue weighted by Crippen LogP contribution is 2.13. The molecular formula is C20H41NO2. The first-order valence-electron chi connectivity index (χ1n) is 10.1. The Morgan fingerprint density at radius 1 is 0.739 bits per heavy atom. The zero-order chi connectivity index (χ0) is 17.2. The minimum atomic E-state index is -0.494. The Hall–Kier alpha value is -0.570. The third-order valence-corrected chi connectivity index (χ3v) is 4.36. The lowest BCUT2D eigenvalue weighted by Crippen LogP contribution is -2.28. The largest absolute Gasteiger partial charge is 0.465 e. The van der Waals surface area contributed by atoms with Gasteiger partial charge in [0.05, 0.1) is 6.61 Å². The van der Waals surface area contributed by atoms with Crippen molar-refractivity contribution in [2.45, 2.75) is 116 Å². The van der Waals surface area contributed by atoms with Gasteiger partial charge in [-0.3, -0.25) is 4.79 Å². The second-order valence-corrected chi connectivity index (χ2v) is 6.91. The van der Waals surface area contributed by atoms with Gasteiger partial charge in [0.25, 0.3) is 0 Å². The highest BCUT2D eigenvalue weighted by molar-refractivity contribution is 5.74. The molecule has 3 heteroatoms. The lowest BCUT2D eigenvalue weighted by atomic mass is 10.0. The normalized spacial score (nSPS) is 12.3. The Kier molecular flexibility index (Phi) is 17.3. The lowest BCUT2D eigenvalue weighted by molar-refractivity contribution is -0.144. The molecule has 2 N–H and O–H groups in total. The van der Waals surface area contributed by atoms with Gasteiger partial charge in [-0.2, -0.15) is 0 Å². The summed E-state index contributed by atoms with van der Waals surface area (Å²) in [5.41, 5.74) is 5.43. The molecule has 0 heterocycles. The molecule has 3 nitrogen and oxygen atoms in total. The van der Waals surface area contributed by atoms with Gasteiger partial charge in [-0.25, -0.2) is 0 Å². The molecule has 0 bridgehead atoms. The molecule has 0 aliphatic carbocycles. The van der Waals surface area contributed by atoms with Gasteiger partial charge < -0.3 is 10.5 Å². The van der Waals surface area contributed by atoms with E-state index in [0.717, 1.165) is 12.8 Å². The van der Waals surface area contributed by atoms with Crippen molar-refractivity contribution in [3.8, 4) is 0 Å². The predicted molar refractivity (Wildman–Crippen MR) is 99.5 cm³/mol. The fourth-order valence-electron chi connectivity index (χ4n) is 2.78. The van der Waals surface area contributed by atoms with Crippen molar-refractivity contribution < 1.29 is 9.53 Å². The smallest absolute Gasteiger partial charge is 0.322 e. The van der Waals surface area contributed by atoms with Gasteiger partial charge in [-0.1, -0.05) is 96.8 Å². The van der Waals surface area contributed by atoms with E-state index < -0.39 is 6.04 Å². The van der Waals surface area contributed by atoms with E-state index in [4.69, 9.17) is 10.5 Å². The minimum absolute atomic E-state index is 0.282. The minimum Gasteiger partial charge on any atom is -0.465 e. The Morgan fingerprint density at radius 3 is 1.43 bits per heavy atom. The van der Waals surface area contributed by atoms with Crippen molar-refractivity contribution in [3.05, 3.63) is 0 Å². The number of hydrogen-bond acceptors (Lipinski definition) is 3. The molecule has 0 aliphatic heterocycles. The molecule has 0 rings (SSSR count). The van der Waals surface area contributed by atoms with Crippen molar-refractivity contribution in [1.82, 2.24) is 0 Å². The maximum absolute atomic E-state index is 11.1. The number of hydrogen-bond donors (Lipinski definition) is 1. The van der Waals surface area contributed by atoms with E-state index >= 15 is 0 Å². The zero-order valence-corrected chi connectivity index (χ0v) is 15.8. The van der Waals surface area contributed by atoms with Crippen molar-refractivity contribution in [2.24, 2.45) is 5.73 Å². The number of nitrogens with two attached hydrogens (primary N) is 1. The fraction of sp³-hybridized carbons (Fsp3) is 0.950. The topological polar surface area (TPSA) is 52.3 Å². The first-order valence-corrected chi connectivity index (χ1v) is 10.1. The number of carbonyl (C=O) groups is 1. The first kappa shape index (κ1) is 22.4. The summed E-state index contributed by atoms with van der Waals surface area (Å²) < 4.78 is 5.05. The zero-order valence-electron chi connectivity index (χ0n) is 15.8. The van der Waals surface area contributed by atoms with Gasteiger partial charge in [0.2, 0.25) is 0 Å². The lowest BCUT2D eigenvalue weighted by Gasteiger charge is -2.06. The number of carbonyl (C=O) groups excluding carboxylic acids is 1. The van der Waals surface area contributed by atoms with Gasteiger partial charge in [0.1, 0.15) is 6.04 Å². The van der Waals surface area contributed by atoms with Crippen LogP contribution >= 0.6 is 0 Å². The van der Waals surface area contributed by atoms with E-state index in [1.165, 1.54) is 83.5 Å². The van der Waals surface area contributed by atoms with Crippen LogP contribution in [0.15, 0.2) is 0 Å². The van der Waals surface area contributed by atoms with Crippen molar-refractivity contribution in [1.29, 1.82) is 0 Å². The van der Waals surface area contributed by atoms with E-state index in [1.807, 2.05) is 0 Å². The van der Waals surface area contributed by atoms with E-state index in [1.54, 1.807) is 6.92 Å². The Bertz CT molecular complexity index is 254. The molecule has 1 atom stereocenters. The average Bonchev–Trinajstić information content (AvgIpc) is 2.54. The average molecular weight is 328 g/mol. The summed E-state index contributed by atoms with van der Waals surface area (Å²) in [6, 6.07) is -0.494. The van der Waals surface area contributed by atoms with Gasteiger partial charge in [0, 0.05) is 0 Å². The molecule has 0 saturated heterocycles. The third kappa shape index (κ3) is 17.6. The summed E-state index contributed by atoms with van der Waals surface area (Å²) >= 11 is 0. The van der Waals surface area contributed by atoms with Gasteiger partial charge in [-0.05, 0) is 13.3 Å². The quantitative estimate of drug-likeness (QED) is 0.273. The summed E-state index contributed by atoms with van der Waals surface area (Å²) in [4.78, 5) is 11.1. The SMILES string of the molecule is CCCCCCCCCCCCCCCCCOC(=O)[C@H](C)N. The van der Waals surface area contributed by atoms with E-state index in [0.29, 0.717) is 6.61 Å². The number of unbranched alkanes of at least 4 members (excludes halogenated alkanes) is 14. The predicted octanol–water partition coefficient (Wildman–Crippen LogP) is 5.75. The van der Waals surface area contributed by atoms with Crippen LogP contribution in [0.1, 0.15) is 110 Å². The van der Waals surface area contributed by atoms with Crippen LogP contribution in [0.3, 0.4) is 0 Å². The molecule has 0 unspecified atom stereocenters.